The number of rotatable bonds is 2. The predicted octanol–water partition coefficient (Wildman–Crippen LogP) is 3.17. The number of nitrogens with two attached hydrogens (primary N) is 1. The summed E-state index contributed by atoms with van der Waals surface area (Å²) in [5.41, 5.74) is 5.09. The second kappa shape index (κ2) is 4.04. The number of nitrogen functional groups attached to an aromatic ring is 1. The molecule has 0 heterocycles. The number of carbonyl (C=O) groups excluding carboxylic acids is 1. The summed E-state index contributed by atoms with van der Waals surface area (Å²) >= 11 is 3.04. The van der Waals surface area contributed by atoms with Crippen molar-refractivity contribution in [1.82, 2.24) is 0 Å². The van der Waals surface area contributed by atoms with Gasteiger partial charge in [-0.15, -0.1) is 0 Å². The minimum atomic E-state index is -2.68. The van der Waals surface area contributed by atoms with Gasteiger partial charge in [-0.1, -0.05) is 15.9 Å². The summed E-state index contributed by atoms with van der Waals surface area (Å²) in [6.45, 7) is 1.29. The van der Waals surface area contributed by atoms with Crippen LogP contribution in [0.5, 0.6) is 0 Å². The van der Waals surface area contributed by atoms with Crippen LogP contribution >= 0.6 is 15.9 Å². The third-order valence-corrected chi connectivity index (χ3v) is 2.25. The summed E-state index contributed by atoms with van der Waals surface area (Å²) in [5.74, 6) is -0.328. The van der Waals surface area contributed by atoms with Gasteiger partial charge in [-0.2, -0.15) is 0 Å². The molecule has 0 saturated carbocycles. The summed E-state index contributed by atoms with van der Waals surface area (Å²) in [5, 5.41) is 0. The number of alkyl halides is 2. The third-order valence-electron chi connectivity index (χ3n) is 1.79. The van der Waals surface area contributed by atoms with E-state index in [-0.39, 0.29) is 22.6 Å². The molecule has 5 heteroatoms. The Morgan fingerprint density at radius 3 is 2.50 bits per heavy atom. The maximum Gasteiger partial charge on any atom is 0.265 e. The number of benzene rings is 1. The zero-order chi connectivity index (χ0) is 10.9. The molecule has 0 saturated heterocycles. The van der Waals surface area contributed by atoms with Gasteiger partial charge in [0.05, 0.1) is 5.69 Å². The zero-order valence-corrected chi connectivity index (χ0v) is 8.94. The van der Waals surface area contributed by atoms with Gasteiger partial charge in [0.15, 0.2) is 5.78 Å². The normalized spacial score (nSPS) is 10.6. The van der Waals surface area contributed by atoms with Crippen molar-refractivity contribution in [2.24, 2.45) is 0 Å². The van der Waals surface area contributed by atoms with Crippen molar-refractivity contribution in [3.8, 4) is 0 Å². The molecule has 0 radical (unpaired) electrons. The molecular formula is C9H8BrF2NO. The monoisotopic (exact) mass is 263 g/mol. The molecule has 0 aromatic heterocycles. The van der Waals surface area contributed by atoms with Crippen molar-refractivity contribution in [3.05, 3.63) is 27.7 Å². The van der Waals surface area contributed by atoms with E-state index in [1.165, 1.54) is 19.1 Å². The molecule has 2 nitrogen and oxygen atoms in total. The van der Waals surface area contributed by atoms with Crippen LogP contribution in [-0.2, 0) is 0 Å². The molecule has 0 fully saturated rings. The Kier molecular flexibility index (Phi) is 3.21. The van der Waals surface area contributed by atoms with Crippen LogP contribution in [0.1, 0.15) is 29.3 Å². The van der Waals surface area contributed by atoms with Crippen molar-refractivity contribution in [3.63, 3.8) is 0 Å². The van der Waals surface area contributed by atoms with E-state index in [0.29, 0.717) is 4.47 Å². The summed E-state index contributed by atoms with van der Waals surface area (Å²) in [6, 6.07) is 2.65. The number of hydrogen-bond donors (Lipinski definition) is 1. The van der Waals surface area contributed by atoms with Crippen molar-refractivity contribution in [2.45, 2.75) is 13.3 Å². The SMILES string of the molecule is CC(=O)c1cc(Br)cc(C(F)F)c1N. The lowest BCUT2D eigenvalue weighted by Crippen LogP contribution is -2.04. The van der Waals surface area contributed by atoms with Gasteiger partial charge in [-0.3, -0.25) is 4.79 Å². The van der Waals surface area contributed by atoms with E-state index >= 15 is 0 Å². The Hall–Kier alpha value is -0.970. The molecule has 0 aliphatic carbocycles. The molecule has 0 bridgehead atoms. The second-order valence-electron chi connectivity index (χ2n) is 2.81. The molecule has 0 amide bonds. The van der Waals surface area contributed by atoms with Gasteiger partial charge in [0.25, 0.3) is 6.43 Å². The van der Waals surface area contributed by atoms with Gasteiger partial charge in [0.2, 0.25) is 0 Å². The molecule has 0 aliphatic rings. The first-order chi connectivity index (χ1) is 6.43. The van der Waals surface area contributed by atoms with Crippen molar-refractivity contribution >= 4 is 27.4 Å². The van der Waals surface area contributed by atoms with E-state index in [2.05, 4.69) is 15.9 Å². The quantitative estimate of drug-likeness (QED) is 0.658. The Balaban J connectivity index is 3.40. The number of ketones is 1. The van der Waals surface area contributed by atoms with E-state index in [4.69, 9.17) is 5.73 Å². The maximum absolute atomic E-state index is 12.4. The molecule has 76 valence electrons. The summed E-state index contributed by atoms with van der Waals surface area (Å²) in [6.07, 6.45) is -2.68. The van der Waals surface area contributed by atoms with Gasteiger partial charge in [-0.05, 0) is 19.1 Å². The van der Waals surface area contributed by atoms with Crippen LogP contribution in [0.25, 0.3) is 0 Å². The summed E-state index contributed by atoms with van der Waals surface area (Å²) < 4.78 is 25.3. The number of hydrogen-bond acceptors (Lipinski definition) is 2. The van der Waals surface area contributed by atoms with Gasteiger partial charge in [0, 0.05) is 15.6 Å². The third kappa shape index (κ3) is 2.09. The average Bonchev–Trinajstić information content (AvgIpc) is 2.07. The molecule has 0 unspecified atom stereocenters. The van der Waals surface area contributed by atoms with Gasteiger partial charge in [-0.25, -0.2) is 8.78 Å². The highest BCUT2D eigenvalue weighted by Crippen LogP contribution is 2.31. The van der Waals surface area contributed by atoms with Gasteiger partial charge < -0.3 is 5.73 Å². The minimum absolute atomic E-state index is 0.120. The summed E-state index contributed by atoms with van der Waals surface area (Å²) in [7, 11) is 0. The molecule has 2 N–H and O–H groups in total. The lowest BCUT2D eigenvalue weighted by atomic mass is 10.1. The van der Waals surface area contributed by atoms with E-state index in [1.54, 1.807) is 0 Å². The standard InChI is InChI=1S/C9H8BrF2NO/c1-4(14)6-2-5(10)3-7(8(6)13)9(11)12/h2-3,9H,13H2,1H3. The first-order valence-corrected chi connectivity index (χ1v) is 4.60. The number of carbonyl (C=O) groups is 1. The topological polar surface area (TPSA) is 43.1 Å². The second-order valence-corrected chi connectivity index (χ2v) is 3.73. The number of halogens is 3. The lowest BCUT2D eigenvalue weighted by Gasteiger charge is -2.09. The maximum atomic E-state index is 12.4. The fourth-order valence-corrected chi connectivity index (χ4v) is 1.59. The molecule has 0 atom stereocenters. The van der Waals surface area contributed by atoms with Crippen LogP contribution in [0.3, 0.4) is 0 Å². The van der Waals surface area contributed by atoms with Gasteiger partial charge >= 0.3 is 0 Å². The van der Waals surface area contributed by atoms with Crippen molar-refractivity contribution in [2.75, 3.05) is 5.73 Å². The minimum Gasteiger partial charge on any atom is -0.398 e. The Morgan fingerprint density at radius 2 is 2.07 bits per heavy atom. The van der Waals surface area contributed by atoms with Crippen LogP contribution in [0, 0.1) is 0 Å². The average molecular weight is 264 g/mol. The Labute approximate surface area is 88.2 Å². The van der Waals surface area contributed by atoms with E-state index in [9.17, 15) is 13.6 Å². The first kappa shape index (κ1) is 11.1. The fraction of sp³-hybridized carbons (Fsp3) is 0.222. The van der Waals surface area contributed by atoms with Gasteiger partial charge in [0.1, 0.15) is 0 Å². The molecule has 0 spiro atoms. The van der Waals surface area contributed by atoms with Crippen LogP contribution in [0.4, 0.5) is 14.5 Å². The van der Waals surface area contributed by atoms with Crippen LogP contribution < -0.4 is 5.73 Å². The molecular weight excluding hydrogens is 256 g/mol. The molecule has 1 aromatic rings. The molecule has 14 heavy (non-hydrogen) atoms. The van der Waals surface area contributed by atoms with E-state index < -0.39 is 6.43 Å². The number of anilines is 1. The van der Waals surface area contributed by atoms with Crippen LogP contribution in [0.2, 0.25) is 0 Å². The Bertz CT molecular complexity index is 379. The van der Waals surface area contributed by atoms with Crippen LogP contribution in [0.15, 0.2) is 16.6 Å². The lowest BCUT2D eigenvalue weighted by molar-refractivity contribution is 0.101. The highest BCUT2D eigenvalue weighted by Gasteiger charge is 2.17. The highest BCUT2D eigenvalue weighted by atomic mass is 79.9. The van der Waals surface area contributed by atoms with E-state index in [0.717, 1.165) is 0 Å². The summed E-state index contributed by atoms with van der Waals surface area (Å²) in [4.78, 5) is 11.0. The highest BCUT2D eigenvalue weighted by molar-refractivity contribution is 9.10. The smallest absolute Gasteiger partial charge is 0.265 e. The van der Waals surface area contributed by atoms with Crippen molar-refractivity contribution < 1.29 is 13.6 Å². The zero-order valence-electron chi connectivity index (χ0n) is 7.35. The van der Waals surface area contributed by atoms with E-state index in [1.807, 2.05) is 0 Å². The first-order valence-electron chi connectivity index (χ1n) is 3.81. The molecule has 1 aromatic carbocycles. The Morgan fingerprint density at radius 1 is 1.50 bits per heavy atom. The van der Waals surface area contributed by atoms with Crippen LogP contribution in [-0.4, -0.2) is 5.78 Å². The van der Waals surface area contributed by atoms with Crippen molar-refractivity contribution in [1.29, 1.82) is 0 Å². The largest absolute Gasteiger partial charge is 0.398 e. The molecule has 1 rings (SSSR count). The molecule has 0 aliphatic heterocycles. The predicted molar refractivity (Wildman–Crippen MR) is 53.5 cm³/mol. The number of Topliss-reactive ketones (excluding diaryl/α,β-unsaturated/α-hetero) is 1. The fourth-order valence-electron chi connectivity index (χ4n) is 1.11.